The first-order valence-electron chi connectivity index (χ1n) is 2.07. The Hall–Kier alpha value is -0.0200. The van der Waals surface area contributed by atoms with Crippen molar-refractivity contribution in [2.45, 2.75) is 0 Å². The normalized spacial score (nSPS) is 17.8. The molecule has 0 aromatic rings. The Morgan fingerprint density at radius 2 is 1.80 bits per heavy atom. The van der Waals surface area contributed by atoms with Gasteiger partial charge in [0.15, 0.2) is 0 Å². The molecule has 0 saturated heterocycles. The van der Waals surface area contributed by atoms with Crippen molar-refractivity contribution in [3.63, 3.8) is 0 Å². The third-order valence-electron chi connectivity index (χ3n) is 0.289. The second-order valence-electron chi connectivity index (χ2n) is 2.30. The van der Waals surface area contributed by atoms with Gasteiger partial charge in [-0.15, -0.1) is 13.2 Å². The van der Waals surface area contributed by atoms with Gasteiger partial charge >= 0.3 is 10.4 Å². The van der Waals surface area contributed by atoms with Gasteiger partial charge in [0.05, 0.1) is 0 Å². The fourth-order valence-corrected chi connectivity index (χ4v) is 2.31. The van der Waals surface area contributed by atoms with E-state index in [9.17, 15) is 12.6 Å². The average molecular weight is 191 g/mol. The molecule has 0 rings (SSSR count). The first-order chi connectivity index (χ1) is 3.96. The zero-order valence-corrected chi connectivity index (χ0v) is 7.11. The van der Waals surface area contributed by atoms with E-state index in [1.807, 2.05) is 0 Å². The van der Waals surface area contributed by atoms with E-state index in [1.54, 1.807) is 0 Å². The summed E-state index contributed by atoms with van der Waals surface area (Å²) in [6.07, 6.45) is 1.76. The summed E-state index contributed by atoms with van der Waals surface area (Å²) in [5.74, 6) is 0. The van der Waals surface area contributed by atoms with Crippen LogP contribution >= 0.6 is 0 Å². The standard InChI is InChI=1S/C2H9NO5S2/c1-10(2,3,7)8-9(4,5)6/h1-2H3,(H2,3,7)(H,4,5,6). The lowest BCUT2D eigenvalue weighted by Crippen LogP contribution is -2.43. The van der Waals surface area contributed by atoms with E-state index in [4.69, 9.17) is 9.69 Å². The quantitative estimate of drug-likeness (QED) is 0.526. The van der Waals surface area contributed by atoms with E-state index in [0.29, 0.717) is 0 Å². The molecule has 0 unspecified atom stereocenters. The Kier molecular flexibility index (Phi) is 1.98. The van der Waals surface area contributed by atoms with Crippen molar-refractivity contribution in [1.29, 1.82) is 0 Å². The lowest BCUT2D eigenvalue weighted by molar-refractivity contribution is 0.390. The molecular weight excluding hydrogens is 182 g/mol. The van der Waals surface area contributed by atoms with Crippen molar-refractivity contribution in [2.75, 3.05) is 12.5 Å². The molecule has 0 aliphatic carbocycles. The van der Waals surface area contributed by atoms with E-state index in [2.05, 4.69) is 3.63 Å². The fourth-order valence-electron chi connectivity index (χ4n) is 0.257. The second-order valence-corrected chi connectivity index (χ2v) is 7.32. The number of hydrogen-bond acceptors (Lipinski definition) is 4. The minimum atomic E-state index is -4.73. The Labute approximate surface area is 59.0 Å². The average Bonchev–Trinajstić information content (AvgIpc) is 1.09. The predicted molar refractivity (Wildman–Crippen MR) is 36.8 cm³/mol. The molecule has 0 atom stereocenters. The van der Waals surface area contributed by atoms with E-state index < -0.39 is 19.9 Å². The minimum absolute atomic E-state index is 0.880. The highest BCUT2D eigenvalue weighted by molar-refractivity contribution is 8.17. The predicted octanol–water partition coefficient (Wildman–Crippen LogP) is -1.33. The molecule has 0 fully saturated rings. The van der Waals surface area contributed by atoms with Crippen molar-refractivity contribution < 1.29 is 20.8 Å². The molecule has 0 amide bonds. The van der Waals surface area contributed by atoms with Crippen LogP contribution in [0.3, 0.4) is 0 Å². The molecule has 0 saturated carbocycles. The maximum Gasteiger partial charge on any atom is 0.416 e. The van der Waals surface area contributed by atoms with Gasteiger partial charge in [0.25, 0.3) is 0 Å². The van der Waals surface area contributed by atoms with Gasteiger partial charge in [-0.05, 0) is 0 Å². The zero-order valence-electron chi connectivity index (χ0n) is 5.47. The third kappa shape index (κ3) is 7.98. The SMILES string of the molecule is CS(C)(N)(=O)OS(=O)(=O)O. The van der Waals surface area contributed by atoms with Gasteiger partial charge in [-0.1, -0.05) is 0 Å². The number of nitrogens with two attached hydrogens (primary N) is 1. The molecule has 0 aliphatic heterocycles. The first kappa shape index (κ1) is 9.98. The topological polar surface area (TPSA) is 107 Å². The van der Waals surface area contributed by atoms with Crippen LogP contribution in [0.15, 0.2) is 0 Å². The van der Waals surface area contributed by atoms with E-state index >= 15 is 0 Å². The van der Waals surface area contributed by atoms with Gasteiger partial charge in [0.1, 0.15) is 0 Å². The van der Waals surface area contributed by atoms with Gasteiger partial charge < -0.3 is 0 Å². The molecule has 0 aliphatic rings. The second kappa shape index (κ2) is 1.98. The van der Waals surface area contributed by atoms with Gasteiger partial charge in [-0.25, -0.2) is 5.14 Å². The van der Waals surface area contributed by atoms with Gasteiger partial charge in [-0.2, -0.15) is 12.6 Å². The lowest BCUT2D eigenvalue weighted by Gasteiger charge is -2.31. The molecule has 3 N–H and O–H groups in total. The molecule has 0 spiro atoms. The zero-order chi connectivity index (χ0) is 8.65. The van der Waals surface area contributed by atoms with Crippen molar-refractivity contribution in [3.8, 4) is 0 Å². The highest BCUT2D eigenvalue weighted by Crippen LogP contribution is 2.11. The van der Waals surface area contributed by atoms with Gasteiger partial charge in [0.2, 0.25) is 0 Å². The summed E-state index contributed by atoms with van der Waals surface area (Å²) in [4.78, 5) is 0. The Morgan fingerprint density at radius 3 is 1.80 bits per heavy atom. The Balaban J connectivity index is 4.67. The lowest BCUT2D eigenvalue weighted by atomic mass is 11.9. The summed E-state index contributed by atoms with van der Waals surface area (Å²) in [6.45, 7) is 0. The Morgan fingerprint density at radius 1 is 1.50 bits per heavy atom. The number of hydrogen-bond donors (Lipinski definition) is 2. The molecule has 10 heavy (non-hydrogen) atoms. The smallest absolute Gasteiger partial charge is 0.262 e. The number of rotatable bonds is 2. The van der Waals surface area contributed by atoms with Crippen LogP contribution in [0.2, 0.25) is 0 Å². The van der Waals surface area contributed by atoms with Crippen LogP contribution < -0.4 is 5.14 Å². The highest BCUT2D eigenvalue weighted by Gasteiger charge is 2.20. The molecule has 0 aromatic carbocycles. The monoisotopic (exact) mass is 191 g/mol. The molecule has 8 heteroatoms. The molecule has 0 heterocycles. The molecule has 0 aromatic heterocycles. The minimum Gasteiger partial charge on any atom is -0.262 e. The van der Waals surface area contributed by atoms with Crippen LogP contribution in [-0.4, -0.2) is 29.7 Å². The maximum absolute atomic E-state index is 10.8. The third-order valence-corrected chi connectivity index (χ3v) is 2.60. The van der Waals surface area contributed by atoms with E-state index in [0.717, 1.165) is 12.5 Å². The summed E-state index contributed by atoms with van der Waals surface area (Å²) in [7, 11) is -8.84. The summed E-state index contributed by atoms with van der Waals surface area (Å²) in [5.41, 5.74) is 0. The largest absolute Gasteiger partial charge is 0.416 e. The van der Waals surface area contributed by atoms with Crippen molar-refractivity contribution in [3.05, 3.63) is 0 Å². The fraction of sp³-hybridized carbons (Fsp3) is 1.00. The van der Waals surface area contributed by atoms with E-state index in [-0.39, 0.29) is 0 Å². The Bertz CT molecular complexity index is 272. The van der Waals surface area contributed by atoms with Crippen LogP contribution in [0.25, 0.3) is 0 Å². The first-order valence-corrected chi connectivity index (χ1v) is 6.20. The highest BCUT2D eigenvalue weighted by atomic mass is 32.4. The van der Waals surface area contributed by atoms with Crippen molar-refractivity contribution in [1.82, 2.24) is 0 Å². The van der Waals surface area contributed by atoms with Crippen molar-refractivity contribution >= 4 is 19.9 Å². The van der Waals surface area contributed by atoms with Crippen LogP contribution in [0.1, 0.15) is 0 Å². The van der Waals surface area contributed by atoms with Gasteiger partial charge in [0, 0.05) is 12.5 Å². The summed E-state index contributed by atoms with van der Waals surface area (Å²) < 4.78 is 42.4. The van der Waals surface area contributed by atoms with Crippen LogP contribution in [0, 0.1) is 0 Å². The summed E-state index contributed by atoms with van der Waals surface area (Å²) in [6, 6.07) is 0. The van der Waals surface area contributed by atoms with Gasteiger partial charge in [-0.3, -0.25) is 4.55 Å². The van der Waals surface area contributed by atoms with E-state index in [1.165, 1.54) is 0 Å². The molecule has 64 valence electrons. The summed E-state index contributed by atoms with van der Waals surface area (Å²) >= 11 is 0. The van der Waals surface area contributed by atoms with Crippen LogP contribution in [0.5, 0.6) is 0 Å². The van der Waals surface area contributed by atoms with Crippen molar-refractivity contribution in [2.24, 2.45) is 5.14 Å². The molecule has 6 nitrogen and oxygen atoms in total. The van der Waals surface area contributed by atoms with Crippen LogP contribution in [0.4, 0.5) is 0 Å². The molecule has 0 bridgehead atoms. The molecular formula is C2H9NO5S2. The summed E-state index contributed by atoms with van der Waals surface area (Å²) in [5, 5.41) is 4.86. The maximum atomic E-state index is 10.8. The molecule has 0 radical (unpaired) electrons. The van der Waals surface area contributed by atoms with Crippen LogP contribution in [-0.2, 0) is 23.6 Å².